The van der Waals surface area contributed by atoms with Gasteiger partial charge in [-0.1, -0.05) is 64.3 Å². The molecule has 2 nitrogen and oxygen atoms in total. The second-order valence-electron chi connectivity index (χ2n) is 8.53. The van der Waals surface area contributed by atoms with Crippen LogP contribution in [0.2, 0.25) is 18.6 Å². The first-order chi connectivity index (χ1) is 12.6. The molecule has 0 saturated carbocycles. The Bertz CT molecular complexity index is 379. The summed E-state index contributed by atoms with van der Waals surface area (Å²) in [5, 5.41) is 0. The number of rotatable bonds is 16. The maximum Gasteiger partial charge on any atom is 0.135 e. The molecule has 3 heteroatoms. The summed E-state index contributed by atoms with van der Waals surface area (Å²) in [5.41, 5.74) is 3.62. The summed E-state index contributed by atoms with van der Waals surface area (Å²) in [5.74, 6) is 3.47. The quantitative estimate of drug-likeness (QED) is 0.168. The smallest absolute Gasteiger partial charge is 0.135 e. The minimum atomic E-state index is -0.984. The summed E-state index contributed by atoms with van der Waals surface area (Å²) in [7, 11) is -0.984. The lowest BCUT2D eigenvalue weighted by atomic mass is 10.1. The van der Waals surface area contributed by atoms with Crippen LogP contribution in [0.25, 0.3) is 0 Å². The third-order valence-corrected chi connectivity index (χ3v) is 9.06. The first-order valence-electron chi connectivity index (χ1n) is 11.3. The maximum absolute atomic E-state index is 5.58. The van der Waals surface area contributed by atoms with Gasteiger partial charge in [-0.25, -0.2) is 0 Å². The van der Waals surface area contributed by atoms with Gasteiger partial charge in [-0.3, -0.25) is 0 Å². The Morgan fingerprint density at radius 1 is 0.769 bits per heavy atom. The van der Waals surface area contributed by atoms with Gasteiger partial charge in [0.15, 0.2) is 0 Å². The van der Waals surface area contributed by atoms with Crippen molar-refractivity contribution in [3.05, 3.63) is 0 Å². The molecule has 0 bridgehead atoms. The van der Waals surface area contributed by atoms with Gasteiger partial charge in [0.05, 0.1) is 19.3 Å². The van der Waals surface area contributed by atoms with Crippen LogP contribution in [0.3, 0.4) is 0 Å². The van der Waals surface area contributed by atoms with Crippen molar-refractivity contribution in [1.82, 2.24) is 0 Å². The van der Waals surface area contributed by atoms with Crippen LogP contribution in [0.1, 0.15) is 90.9 Å². The topological polar surface area (TPSA) is 18.5 Å². The van der Waals surface area contributed by atoms with Crippen LogP contribution in [0.15, 0.2) is 0 Å². The van der Waals surface area contributed by atoms with E-state index in [0.717, 1.165) is 26.2 Å². The van der Waals surface area contributed by atoms with Gasteiger partial charge in [0.2, 0.25) is 0 Å². The Morgan fingerprint density at radius 2 is 1.35 bits per heavy atom. The highest BCUT2D eigenvalue weighted by molar-refractivity contribution is 6.88. The van der Waals surface area contributed by atoms with Crippen LogP contribution < -0.4 is 0 Å². The van der Waals surface area contributed by atoms with Gasteiger partial charge < -0.3 is 9.47 Å². The minimum absolute atomic E-state index is 0.314. The molecule has 0 amide bonds. The van der Waals surface area contributed by atoms with E-state index in [9.17, 15) is 0 Å². The molecule has 0 aromatic heterocycles. The lowest BCUT2D eigenvalue weighted by molar-refractivity contribution is 0.0186. The van der Waals surface area contributed by atoms with Crippen LogP contribution in [-0.4, -0.2) is 34.0 Å². The Labute approximate surface area is 164 Å². The number of hydrogen-bond donors (Lipinski definition) is 0. The zero-order valence-corrected chi connectivity index (χ0v) is 18.9. The second kappa shape index (κ2) is 15.7. The van der Waals surface area contributed by atoms with Gasteiger partial charge in [-0.2, -0.15) is 0 Å². The van der Waals surface area contributed by atoms with Crippen molar-refractivity contribution < 1.29 is 9.47 Å². The van der Waals surface area contributed by atoms with Crippen molar-refractivity contribution in [2.45, 2.75) is 116 Å². The molecule has 152 valence electrons. The van der Waals surface area contributed by atoms with Crippen molar-refractivity contribution in [1.29, 1.82) is 0 Å². The van der Waals surface area contributed by atoms with E-state index in [2.05, 4.69) is 31.9 Å². The molecule has 1 heterocycles. The normalized spacial score (nSPS) is 15.5. The highest BCUT2D eigenvalue weighted by atomic mass is 28.3. The molecule has 26 heavy (non-hydrogen) atoms. The van der Waals surface area contributed by atoms with Crippen molar-refractivity contribution in [3.8, 4) is 11.5 Å². The first-order valence-corrected chi connectivity index (χ1v) is 14.2. The molecule has 0 N–H and O–H groups in total. The third kappa shape index (κ3) is 13.8. The van der Waals surface area contributed by atoms with Crippen LogP contribution in [0, 0.1) is 11.5 Å². The van der Waals surface area contributed by atoms with Gasteiger partial charge in [-0.05, 0) is 38.8 Å². The van der Waals surface area contributed by atoms with Gasteiger partial charge in [-0.15, -0.1) is 11.5 Å². The van der Waals surface area contributed by atoms with Crippen LogP contribution in [-0.2, 0) is 9.47 Å². The Hall–Kier alpha value is -0.303. The molecule has 0 aliphatic carbocycles. The average Bonchev–Trinajstić information content (AvgIpc) is 2.59. The molecule has 1 aliphatic rings. The molecule has 0 aromatic rings. The molecular formula is C23H44O2Si. The predicted octanol–water partition coefficient (Wildman–Crippen LogP) is 6.74. The van der Waals surface area contributed by atoms with Crippen molar-refractivity contribution in [2.24, 2.45) is 0 Å². The number of hydrogen-bond acceptors (Lipinski definition) is 2. The lowest BCUT2D eigenvalue weighted by Crippen LogP contribution is -2.36. The Kier molecular flexibility index (Phi) is 14.4. The Morgan fingerprint density at radius 3 is 1.88 bits per heavy atom. The van der Waals surface area contributed by atoms with Crippen LogP contribution in [0.4, 0.5) is 0 Å². The Balaban J connectivity index is 1.69. The molecule has 1 saturated heterocycles. The standard InChI is InChI=1S/C23H44O2Si/c1-23(2)25-19-18-24-17-14-12-10-8-6-4-5-7-9-11-13-15-20-26(3)21-16-22-26/h23H,4-14,16-19,21-22H2,1-3H3. The van der Waals surface area contributed by atoms with E-state index in [1.54, 1.807) is 0 Å². The minimum Gasteiger partial charge on any atom is -0.379 e. The molecule has 1 aliphatic heterocycles. The van der Waals surface area contributed by atoms with Crippen molar-refractivity contribution in [2.75, 3.05) is 19.8 Å². The molecule has 1 rings (SSSR count). The summed E-state index contributed by atoms with van der Waals surface area (Å²) in [4.78, 5) is 0. The summed E-state index contributed by atoms with van der Waals surface area (Å²) in [6, 6.07) is 2.92. The van der Waals surface area contributed by atoms with Gasteiger partial charge in [0.25, 0.3) is 0 Å². The van der Waals surface area contributed by atoms with Crippen LogP contribution in [0.5, 0.6) is 0 Å². The summed E-state index contributed by atoms with van der Waals surface area (Å²) in [6.45, 7) is 8.95. The fourth-order valence-electron chi connectivity index (χ4n) is 3.38. The average molecular weight is 381 g/mol. The van der Waals surface area contributed by atoms with Crippen molar-refractivity contribution >= 4 is 8.07 Å². The largest absolute Gasteiger partial charge is 0.379 e. The van der Waals surface area contributed by atoms with E-state index in [1.165, 1.54) is 82.7 Å². The van der Waals surface area contributed by atoms with Gasteiger partial charge in [0, 0.05) is 13.0 Å². The van der Waals surface area contributed by atoms with E-state index in [1.807, 2.05) is 0 Å². The highest BCUT2D eigenvalue weighted by Gasteiger charge is 2.32. The van der Waals surface area contributed by atoms with Crippen molar-refractivity contribution in [3.63, 3.8) is 0 Å². The summed E-state index contributed by atoms with van der Waals surface area (Å²) < 4.78 is 11.0. The maximum atomic E-state index is 5.58. The third-order valence-electron chi connectivity index (χ3n) is 5.37. The highest BCUT2D eigenvalue weighted by Crippen LogP contribution is 2.31. The lowest BCUT2D eigenvalue weighted by Gasteiger charge is -2.30. The fourth-order valence-corrected chi connectivity index (χ4v) is 5.60. The molecule has 0 atom stereocenters. The summed E-state index contributed by atoms with van der Waals surface area (Å²) >= 11 is 0. The van der Waals surface area contributed by atoms with E-state index in [-0.39, 0.29) is 0 Å². The van der Waals surface area contributed by atoms with E-state index in [0.29, 0.717) is 6.10 Å². The number of unbranched alkanes of at least 4 members (excludes halogenated alkanes) is 10. The van der Waals surface area contributed by atoms with Gasteiger partial charge in [0.1, 0.15) is 8.07 Å². The van der Waals surface area contributed by atoms with Crippen LogP contribution >= 0.6 is 0 Å². The van der Waals surface area contributed by atoms with Gasteiger partial charge >= 0.3 is 0 Å². The van der Waals surface area contributed by atoms with E-state index < -0.39 is 8.07 Å². The molecule has 0 aromatic carbocycles. The predicted molar refractivity (Wildman–Crippen MR) is 116 cm³/mol. The first kappa shape index (κ1) is 23.7. The fraction of sp³-hybridized carbons (Fsp3) is 0.913. The molecule has 0 spiro atoms. The molecular weight excluding hydrogens is 336 g/mol. The molecule has 0 radical (unpaired) electrons. The number of ether oxygens (including phenoxy) is 2. The van der Waals surface area contributed by atoms with E-state index >= 15 is 0 Å². The second-order valence-corrected chi connectivity index (χ2v) is 12.9. The zero-order valence-electron chi connectivity index (χ0n) is 17.9. The monoisotopic (exact) mass is 380 g/mol. The van der Waals surface area contributed by atoms with E-state index in [4.69, 9.17) is 9.47 Å². The molecule has 1 fully saturated rings. The SMILES string of the molecule is CC(C)OCCOCCCCCCCCCCCCC#C[Si]1(C)CCC1. The summed E-state index contributed by atoms with van der Waals surface area (Å²) in [6.07, 6.45) is 16.5. The molecule has 0 unspecified atom stereocenters. The zero-order chi connectivity index (χ0) is 18.9.